The van der Waals surface area contributed by atoms with Gasteiger partial charge >= 0.3 is 0 Å². The van der Waals surface area contributed by atoms with E-state index in [-0.39, 0.29) is 17.1 Å². The Labute approximate surface area is 107 Å². The SMILES string of the molecule is O=C(Cl)CCc1cc2cccc(F)c2nc1Cl. The quantitative estimate of drug-likeness (QED) is 0.629. The number of carbonyl (C=O) groups excluding carboxylic acids is 1. The zero-order chi connectivity index (χ0) is 12.4. The Morgan fingerprint density at radius 1 is 1.41 bits per heavy atom. The Morgan fingerprint density at radius 2 is 2.18 bits per heavy atom. The molecule has 1 heterocycles. The molecule has 0 radical (unpaired) electrons. The summed E-state index contributed by atoms with van der Waals surface area (Å²) in [6.45, 7) is 0. The molecular weight excluding hydrogens is 264 g/mol. The van der Waals surface area contributed by atoms with Crippen molar-refractivity contribution in [1.82, 2.24) is 4.98 Å². The molecule has 0 fully saturated rings. The van der Waals surface area contributed by atoms with Crippen molar-refractivity contribution in [3.8, 4) is 0 Å². The van der Waals surface area contributed by atoms with Crippen molar-refractivity contribution in [3.63, 3.8) is 0 Å². The summed E-state index contributed by atoms with van der Waals surface area (Å²) in [5, 5.41) is 0.437. The van der Waals surface area contributed by atoms with Crippen LogP contribution in [-0.2, 0) is 11.2 Å². The molecule has 0 saturated heterocycles. The Kier molecular flexibility index (Phi) is 3.60. The lowest BCUT2D eigenvalue weighted by Gasteiger charge is -2.05. The summed E-state index contributed by atoms with van der Waals surface area (Å²) in [5.41, 5.74) is 0.928. The van der Waals surface area contributed by atoms with Gasteiger partial charge in [0.05, 0.1) is 0 Å². The first-order valence-electron chi connectivity index (χ1n) is 5.00. The van der Waals surface area contributed by atoms with Gasteiger partial charge < -0.3 is 0 Å². The van der Waals surface area contributed by atoms with Gasteiger partial charge in [0.2, 0.25) is 5.24 Å². The molecule has 1 aromatic carbocycles. The van der Waals surface area contributed by atoms with Crippen LogP contribution in [-0.4, -0.2) is 10.2 Å². The third kappa shape index (κ3) is 2.73. The zero-order valence-corrected chi connectivity index (χ0v) is 10.2. The van der Waals surface area contributed by atoms with Gasteiger partial charge in [-0.25, -0.2) is 9.37 Å². The standard InChI is InChI=1S/C12H8Cl2FNO/c13-10(17)5-4-8-6-7-2-1-3-9(15)11(7)16-12(8)14/h1-3,6H,4-5H2. The van der Waals surface area contributed by atoms with Crippen LogP contribution in [0, 0.1) is 5.82 Å². The van der Waals surface area contributed by atoms with E-state index in [9.17, 15) is 9.18 Å². The Morgan fingerprint density at radius 3 is 2.88 bits per heavy atom. The van der Waals surface area contributed by atoms with Gasteiger partial charge in [-0.15, -0.1) is 0 Å². The van der Waals surface area contributed by atoms with Crippen LogP contribution in [0.2, 0.25) is 5.15 Å². The van der Waals surface area contributed by atoms with E-state index in [0.717, 1.165) is 0 Å². The van der Waals surface area contributed by atoms with Gasteiger partial charge in [0, 0.05) is 11.8 Å². The predicted molar refractivity (Wildman–Crippen MR) is 65.9 cm³/mol. The summed E-state index contributed by atoms with van der Waals surface area (Å²) >= 11 is 11.2. The molecule has 0 spiro atoms. The molecule has 0 N–H and O–H groups in total. The fraction of sp³-hybridized carbons (Fsp3) is 0.167. The minimum atomic E-state index is -0.430. The maximum Gasteiger partial charge on any atom is 0.221 e. The smallest absolute Gasteiger partial charge is 0.221 e. The summed E-state index contributed by atoms with van der Waals surface area (Å²) in [6, 6.07) is 6.40. The number of para-hydroxylation sites is 1. The van der Waals surface area contributed by atoms with Crippen LogP contribution < -0.4 is 0 Å². The minimum Gasteiger partial charge on any atom is -0.281 e. The lowest BCUT2D eigenvalue weighted by atomic mass is 10.1. The number of aryl methyl sites for hydroxylation is 1. The molecule has 0 bridgehead atoms. The van der Waals surface area contributed by atoms with Crippen LogP contribution in [0.15, 0.2) is 24.3 Å². The van der Waals surface area contributed by atoms with Gasteiger partial charge in [0.1, 0.15) is 16.5 Å². The first-order valence-corrected chi connectivity index (χ1v) is 5.75. The monoisotopic (exact) mass is 271 g/mol. The molecule has 17 heavy (non-hydrogen) atoms. The van der Waals surface area contributed by atoms with Gasteiger partial charge in [-0.05, 0) is 35.7 Å². The first-order chi connectivity index (χ1) is 8.08. The number of hydrogen-bond acceptors (Lipinski definition) is 2. The van der Waals surface area contributed by atoms with E-state index in [4.69, 9.17) is 23.2 Å². The molecule has 0 saturated carbocycles. The molecule has 0 aliphatic rings. The second kappa shape index (κ2) is 4.98. The van der Waals surface area contributed by atoms with E-state index < -0.39 is 11.1 Å². The molecule has 0 aliphatic heterocycles. The number of benzene rings is 1. The lowest BCUT2D eigenvalue weighted by Crippen LogP contribution is -1.95. The summed E-state index contributed by atoms with van der Waals surface area (Å²) < 4.78 is 13.4. The van der Waals surface area contributed by atoms with Crippen molar-refractivity contribution in [2.24, 2.45) is 0 Å². The van der Waals surface area contributed by atoms with Crippen LogP contribution in [0.5, 0.6) is 0 Å². The summed E-state index contributed by atoms with van der Waals surface area (Å²) in [6.07, 6.45) is 0.588. The highest BCUT2D eigenvalue weighted by atomic mass is 35.5. The van der Waals surface area contributed by atoms with E-state index in [0.29, 0.717) is 17.4 Å². The van der Waals surface area contributed by atoms with Crippen molar-refractivity contribution in [1.29, 1.82) is 0 Å². The molecular formula is C12H8Cl2FNO. The number of halogens is 3. The van der Waals surface area contributed by atoms with Gasteiger partial charge in [-0.2, -0.15) is 0 Å². The molecule has 2 rings (SSSR count). The van der Waals surface area contributed by atoms with E-state index >= 15 is 0 Å². The average Bonchev–Trinajstić information content (AvgIpc) is 2.28. The number of rotatable bonds is 3. The van der Waals surface area contributed by atoms with E-state index in [2.05, 4.69) is 4.98 Å². The summed E-state index contributed by atoms with van der Waals surface area (Å²) in [7, 11) is 0. The predicted octanol–water partition coefficient (Wildman–Crippen LogP) is 3.73. The van der Waals surface area contributed by atoms with E-state index in [1.54, 1.807) is 18.2 Å². The first kappa shape index (κ1) is 12.3. The summed E-state index contributed by atoms with van der Waals surface area (Å²) in [4.78, 5) is 14.7. The molecule has 5 heteroatoms. The topological polar surface area (TPSA) is 30.0 Å². The molecule has 2 nitrogen and oxygen atoms in total. The lowest BCUT2D eigenvalue weighted by molar-refractivity contribution is -0.111. The van der Waals surface area contributed by atoms with Gasteiger partial charge in [-0.3, -0.25) is 4.79 Å². The van der Waals surface area contributed by atoms with Crippen LogP contribution in [0.1, 0.15) is 12.0 Å². The van der Waals surface area contributed by atoms with Gasteiger partial charge in [-0.1, -0.05) is 23.7 Å². The number of hydrogen-bond donors (Lipinski definition) is 0. The Balaban J connectivity index is 2.45. The normalized spacial score (nSPS) is 10.8. The number of pyridine rings is 1. The van der Waals surface area contributed by atoms with Gasteiger partial charge in [0.15, 0.2) is 0 Å². The molecule has 2 aromatic rings. The van der Waals surface area contributed by atoms with Crippen LogP contribution in [0.3, 0.4) is 0 Å². The second-order valence-electron chi connectivity index (χ2n) is 3.60. The van der Waals surface area contributed by atoms with E-state index in [1.807, 2.05) is 0 Å². The molecule has 88 valence electrons. The highest BCUT2D eigenvalue weighted by Gasteiger charge is 2.09. The number of fused-ring (bicyclic) bond motifs is 1. The maximum absolute atomic E-state index is 13.4. The van der Waals surface area contributed by atoms with Crippen LogP contribution >= 0.6 is 23.2 Å². The highest BCUT2D eigenvalue weighted by Crippen LogP contribution is 2.23. The number of nitrogens with zero attached hydrogens (tertiary/aromatic N) is 1. The van der Waals surface area contributed by atoms with Crippen molar-refractivity contribution < 1.29 is 9.18 Å². The molecule has 1 aromatic heterocycles. The summed E-state index contributed by atoms with van der Waals surface area (Å²) in [5.74, 6) is -0.413. The van der Waals surface area contributed by atoms with Crippen LogP contribution in [0.25, 0.3) is 10.9 Å². The van der Waals surface area contributed by atoms with E-state index in [1.165, 1.54) is 6.07 Å². The molecule has 0 aliphatic carbocycles. The molecule has 0 amide bonds. The average molecular weight is 272 g/mol. The van der Waals surface area contributed by atoms with Crippen molar-refractivity contribution in [2.45, 2.75) is 12.8 Å². The highest BCUT2D eigenvalue weighted by molar-refractivity contribution is 6.63. The maximum atomic E-state index is 13.4. The number of aromatic nitrogens is 1. The third-order valence-corrected chi connectivity index (χ3v) is 2.93. The second-order valence-corrected chi connectivity index (χ2v) is 4.38. The zero-order valence-electron chi connectivity index (χ0n) is 8.71. The van der Waals surface area contributed by atoms with Crippen molar-refractivity contribution in [3.05, 3.63) is 40.8 Å². The largest absolute Gasteiger partial charge is 0.281 e. The van der Waals surface area contributed by atoms with Crippen molar-refractivity contribution in [2.75, 3.05) is 0 Å². The third-order valence-electron chi connectivity index (χ3n) is 2.41. The fourth-order valence-electron chi connectivity index (χ4n) is 1.59. The minimum absolute atomic E-state index is 0.184. The number of carbonyl (C=O) groups is 1. The Bertz CT molecular complexity index is 586. The van der Waals surface area contributed by atoms with Crippen molar-refractivity contribution >= 4 is 39.3 Å². The van der Waals surface area contributed by atoms with Gasteiger partial charge in [0.25, 0.3) is 0 Å². The Hall–Kier alpha value is -1.19. The fourth-order valence-corrected chi connectivity index (χ4v) is 1.92. The molecule has 0 atom stereocenters. The van der Waals surface area contributed by atoms with Crippen LogP contribution in [0.4, 0.5) is 4.39 Å². The molecule has 0 unspecified atom stereocenters.